The minimum Gasteiger partial charge on any atom is -0.450 e. The Hall–Kier alpha value is -0.770. The molecule has 2 rings (SSSR count). The molecular weight excluding hydrogens is 168 g/mol. The third kappa shape index (κ3) is 1.94. The van der Waals surface area contributed by atoms with Gasteiger partial charge in [0.05, 0.1) is 6.61 Å². The largest absolute Gasteiger partial charge is 0.450 e. The Morgan fingerprint density at radius 2 is 2.00 bits per heavy atom. The van der Waals surface area contributed by atoms with Gasteiger partial charge in [-0.3, -0.25) is 0 Å². The zero-order valence-corrected chi connectivity index (χ0v) is 7.77. The number of carbonyl (C=O) groups excluding carboxylic acids is 1. The van der Waals surface area contributed by atoms with E-state index < -0.39 is 0 Å². The molecule has 1 amide bonds. The predicted molar refractivity (Wildman–Crippen MR) is 48.6 cm³/mol. The van der Waals surface area contributed by atoms with Gasteiger partial charge >= 0.3 is 6.09 Å². The number of cyclic esters (lactones) is 1. The van der Waals surface area contributed by atoms with Crippen molar-refractivity contribution >= 4 is 6.09 Å². The number of rotatable bonds is 0. The lowest BCUT2D eigenvalue weighted by atomic mass is 9.84. The molecule has 0 bridgehead atoms. The van der Waals surface area contributed by atoms with Crippen LogP contribution >= 0.6 is 0 Å². The molecule has 4 nitrogen and oxygen atoms in total. The summed E-state index contributed by atoms with van der Waals surface area (Å²) >= 11 is 0. The Balaban J connectivity index is 2.04. The van der Waals surface area contributed by atoms with Crippen molar-refractivity contribution in [3.05, 3.63) is 0 Å². The van der Waals surface area contributed by atoms with Gasteiger partial charge in [-0.25, -0.2) is 4.79 Å². The second-order valence-electron chi connectivity index (χ2n) is 3.89. The lowest BCUT2D eigenvalue weighted by Crippen LogP contribution is -2.53. The van der Waals surface area contributed by atoms with E-state index in [1.165, 1.54) is 0 Å². The fourth-order valence-electron chi connectivity index (χ4n) is 2.17. The quantitative estimate of drug-likeness (QED) is 0.580. The molecule has 13 heavy (non-hydrogen) atoms. The maximum absolute atomic E-state index is 11.2. The minimum atomic E-state index is -0.237. The number of ether oxygens (including phenoxy) is 1. The average Bonchev–Trinajstić information content (AvgIpc) is 2.29. The van der Waals surface area contributed by atoms with Crippen LogP contribution in [0.2, 0.25) is 0 Å². The molecule has 2 saturated heterocycles. The van der Waals surface area contributed by atoms with Crippen molar-refractivity contribution in [2.45, 2.75) is 31.2 Å². The molecule has 2 N–H and O–H groups in total. The first kappa shape index (κ1) is 8.81. The number of amides is 1. The molecule has 4 heteroatoms. The van der Waals surface area contributed by atoms with Gasteiger partial charge in [0.2, 0.25) is 0 Å². The standard InChI is InChI=1S/C9H16N2O2/c12-8-11-9(2-1-7-13-8)3-5-10-6-4-9/h10H,1-7H2,(H,11,12). The molecule has 2 aliphatic rings. The van der Waals surface area contributed by atoms with Gasteiger partial charge in [-0.15, -0.1) is 0 Å². The molecule has 0 aromatic heterocycles. The molecule has 2 aliphatic heterocycles. The van der Waals surface area contributed by atoms with Crippen LogP contribution in [0.1, 0.15) is 25.7 Å². The molecule has 74 valence electrons. The SMILES string of the molecule is O=C1NC2(CCCO1)CCNCC2. The third-order valence-electron chi connectivity index (χ3n) is 2.96. The summed E-state index contributed by atoms with van der Waals surface area (Å²) in [5, 5.41) is 6.29. The van der Waals surface area contributed by atoms with Crippen molar-refractivity contribution in [2.24, 2.45) is 0 Å². The van der Waals surface area contributed by atoms with E-state index in [0.29, 0.717) is 6.61 Å². The molecule has 0 unspecified atom stereocenters. The molecule has 0 aliphatic carbocycles. The van der Waals surface area contributed by atoms with Crippen LogP contribution < -0.4 is 10.6 Å². The Kier molecular flexibility index (Phi) is 2.40. The Morgan fingerprint density at radius 3 is 2.77 bits per heavy atom. The number of hydrogen-bond acceptors (Lipinski definition) is 3. The van der Waals surface area contributed by atoms with E-state index in [2.05, 4.69) is 10.6 Å². The van der Waals surface area contributed by atoms with Crippen LogP contribution in [-0.4, -0.2) is 31.3 Å². The van der Waals surface area contributed by atoms with Crippen molar-refractivity contribution in [1.82, 2.24) is 10.6 Å². The first-order chi connectivity index (χ1) is 6.31. The highest BCUT2D eigenvalue weighted by Gasteiger charge is 2.35. The van der Waals surface area contributed by atoms with Crippen molar-refractivity contribution in [3.63, 3.8) is 0 Å². The molecule has 1 spiro atoms. The normalized spacial score (nSPS) is 27.5. The predicted octanol–water partition coefficient (Wildman–Crippen LogP) is 0.629. The van der Waals surface area contributed by atoms with Gasteiger partial charge in [0.15, 0.2) is 0 Å². The second-order valence-corrected chi connectivity index (χ2v) is 3.89. The van der Waals surface area contributed by atoms with Gasteiger partial charge in [0.1, 0.15) is 0 Å². The zero-order chi connectivity index (χ0) is 9.15. The van der Waals surface area contributed by atoms with Crippen LogP contribution in [0.5, 0.6) is 0 Å². The monoisotopic (exact) mass is 184 g/mol. The summed E-state index contributed by atoms with van der Waals surface area (Å²) in [4.78, 5) is 11.2. The summed E-state index contributed by atoms with van der Waals surface area (Å²) in [7, 11) is 0. The third-order valence-corrected chi connectivity index (χ3v) is 2.96. The Morgan fingerprint density at radius 1 is 1.23 bits per heavy atom. The van der Waals surface area contributed by atoms with Crippen LogP contribution in [0.4, 0.5) is 4.79 Å². The molecule has 0 radical (unpaired) electrons. The lowest BCUT2D eigenvalue weighted by Gasteiger charge is -2.36. The van der Waals surface area contributed by atoms with E-state index in [1.807, 2.05) is 0 Å². The topological polar surface area (TPSA) is 50.4 Å². The smallest absolute Gasteiger partial charge is 0.407 e. The van der Waals surface area contributed by atoms with Gasteiger partial charge < -0.3 is 15.4 Å². The van der Waals surface area contributed by atoms with Crippen molar-refractivity contribution in [1.29, 1.82) is 0 Å². The Labute approximate surface area is 78.0 Å². The molecule has 0 atom stereocenters. The second kappa shape index (κ2) is 3.54. The number of piperidine rings is 1. The lowest BCUT2D eigenvalue weighted by molar-refractivity contribution is 0.144. The number of carbonyl (C=O) groups is 1. The van der Waals surface area contributed by atoms with Crippen molar-refractivity contribution in [2.75, 3.05) is 19.7 Å². The maximum atomic E-state index is 11.2. The summed E-state index contributed by atoms with van der Waals surface area (Å²) in [6, 6.07) is 0. The van der Waals surface area contributed by atoms with Gasteiger partial charge in [0, 0.05) is 5.54 Å². The fourth-order valence-corrected chi connectivity index (χ4v) is 2.17. The van der Waals surface area contributed by atoms with Crippen LogP contribution in [0.25, 0.3) is 0 Å². The molecule has 2 heterocycles. The first-order valence-electron chi connectivity index (χ1n) is 4.96. The van der Waals surface area contributed by atoms with Crippen LogP contribution in [0.15, 0.2) is 0 Å². The van der Waals surface area contributed by atoms with Crippen LogP contribution in [-0.2, 0) is 4.74 Å². The number of nitrogens with one attached hydrogen (secondary N) is 2. The summed E-state index contributed by atoms with van der Waals surface area (Å²) in [6.45, 7) is 2.57. The molecular formula is C9H16N2O2. The van der Waals surface area contributed by atoms with E-state index in [4.69, 9.17) is 4.74 Å². The van der Waals surface area contributed by atoms with Gasteiger partial charge in [-0.2, -0.15) is 0 Å². The van der Waals surface area contributed by atoms with Crippen molar-refractivity contribution < 1.29 is 9.53 Å². The number of alkyl carbamates (subject to hydrolysis) is 1. The minimum absolute atomic E-state index is 0.0266. The van der Waals surface area contributed by atoms with Crippen molar-refractivity contribution in [3.8, 4) is 0 Å². The average molecular weight is 184 g/mol. The van der Waals surface area contributed by atoms with E-state index in [1.54, 1.807) is 0 Å². The van der Waals surface area contributed by atoms with Gasteiger partial charge in [-0.05, 0) is 38.8 Å². The highest BCUT2D eigenvalue weighted by Crippen LogP contribution is 2.25. The highest BCUT2D eigenvalue weighted by atomic mass is 16.5. The molecule has 0 aromatic carbocycles. The van der Waals surface area contributed by atoms with E-state index in [0.717, 1.165) is 38.8 Å². The molecule has 0 aromatic rings. The van der Waals surface area contributed by atoms with E-state index in [-0.39, 0.29) is 11.6 Å². The fraction of sp³-hybridized carbons (Fsp3) is 0.889. The summed E-state index contributed by atoms with van der Waals surface area (Å²) in [6.07, 6.45) is 3.86. The maximum Gasteiger partial charge on any atom is 0.407 e. The highest BCUT2D eigenvalue weighted by molar-refractivity contribution is 5.68. The van der Waals surface area contributed by atoms with Crippen LogP contribution in [0, 0.1) is 0 Å². The van der Waals surface area contributed by atoms with Gasteiger partial charge in [0.25, 0.3) is 0 Å². The number of hydrogen-bond donors (Lipinski definition) is 2. The van der Waals surface area contributed by atoms with Gasteiger partial charge in [-0.1, -0.05) is 0 Å². The zero-order valence-electron chi connectivity index (χ0n) is 7.77. The molecule has 0 saturated carbocycles. The van der Waals surface area contributed by atoms with E-state index >= 15 is 0 Å². The first-order valence-corrected chi connectivity index (χ1v) is 4.96. The Bertz CT molecular complexity index is 200. The summed E-state index contributed by atoms with van der Waals surface area (Å²) < 4.78 is 4.96. The summed E-state index contributed by atoms with van der Waals surface area (Å²) in [5.74, 6) is 0. The van der Waals surface area contributed by atoms with Crippen LogP contribution in [0.3, 0.4) is 0 Å². The van der Waals surface area contributed by atoms with E-state index in [9.17, 15) is 4.79 Å². The molecule has 2 fully saturated rings. The summed E-state index contributed by atoms with van der Waals surface area (Å²) in [5.41, 5.74) is 0.0266.